The molecule has 0 spiro atoms. The molecule has 0 radical (unpaired) electrons. The molecule has 0 saturated carbocycles. The fraction of sp³-hybridized carbons (Fsp3) is 0.562. The topological polar surface area (TPSA) is 57.7 Å². The van der Waals surface area contributed by atoms with Gasteiger partial charge in [0.05, 0.1) is 5.02 Å². The number of alkyl halides is 2. The predicted octanol–water partition coefficient (Wildman–Crippen LogP) is 4.27. The van der Waals surface area contributed by atoms with Crippen molar-refractivity contribution in [3.05, 3.63) is 27.7 Å². The van der Waals surface area contributed by atoms with E-state index in [9.17, 15) is 8.78 Å². The van der Waals surface area contributed by atoms with E-state index >= 15 is 0 Å². The molecule has 10 heteroatoms. The zero-order valence-electron chi connectivity index (χ0n) is 15.1. The van der Waals surface area contributed by atoms with Gasteiger partial charge in [-0.05, 0) is 32.9 Å². The van der Waals surface area contributed by atoms with Crippen LogP contribution in [-0.2, 0) is 6.54 Å². The molecular weight excluding hydrogens is 500 g/mol. The van der Waals surface area contributed by atoms with Crippen LogP contribution in [0.5, 0.6) is 5.75 Å². The zero-order valence-corrected chi connectivity index (χ0v) is 19.0. The molecule has 0 fully saturated rings. The van der Waals surface area contributed by atoms with Crippen molar-refractivity contribution in [3.63, 3.8) is 0 Å². The van der Waals surface area contributed by atoms with E-state index in [0.717, 1.165) is 6.54 Å². The number of aliphatic imine (C=N–C) groups is 1. The molecule has 3 N–H and O–H groups in total. The fourth-order valence-corrected chi connectivity index (χ4v) is 2.56. The Hall–Kier alpha value is -0.580. The van der Waals surface area contributed by atoms with Gasteiger partial charge >= 0.3 is 6.61 Å². The highest BCUT2D eigenvalue weighted by atomic mass is 127. The third-order valence-corrected chi connectivity index (χ3v) is 3.53. The molecule has 0 saturated heterocycles. The largest absolute Gasteiger partial charge is 0.433 e. The lowest BCUT2D eigenvalue weighted by Gasteiger charge is -2.21. The summed E-state index contributed by atoms with van der Waals surface area (Å²) in [5.41, 5.74) is 0.436. The van der Waals surface area contributed by atoms with E-state index in [1.54, 1.807) is 7.05 Å². The summed E-state index contributed by atoms with van der Waals surface area (Å²) in [4.78, 5) is 4.08. The van der Waals surface area contributed by atoms with Crippen LogP contribution in [0.3, 0.4) is 0 Å². The van der Waals surface area contributed by atoms with Crippen LogP contribution in [0.25, 0.3) is 0 Å². The number of hydrogen-bond acceptors (Lipinski definition) is 3. The van der Waals surface area contributed by atoms with Crippen LogP contribution >= 0.6 is 47.2 Å². The summed E-state index contributed by atoms with van der Waals surface area (Å²) in [5, 5.41) is 9.84. The third kappa shape index (κ3) is 9.94. The lowest BCUT2D eigenvalue weighted by atomic mass is 10.1. The fourth-order valence-electron chi connectivity index (χ4n) is 1.98. The van der Waals surface area contributed by atoms with E-state index in [2.05, 4.69) is 46.5 Å². The second kappa shape index (κ2) is 12.0. The maximum atomic E-state index is 12.6. The molecule has 0 unspecified atom stereocenters. The lowest BCUT2D eigenvalue weighted by Crippen LogP contribution is -2.44. The summed E-state index contributed by atoms with van der Waals surface area (Å²) >= 11 is 11.9. The molecule has 5 nitrogen and oxygen atoms in total. The van der Waals surface area contributed by atoms with Crippen LogP contribution < -0.4 is 20.7 Å². The van der Waals surface area contributed by atoms with Gasteiger partial charge in [0.2, 0.25) is 0 Å². The van der Waals surface area contributed by atoms with Crippen molar-refractivity contribution < 1.29 is 13.5 Å². The van der Waals surface area contributed by atoms with Crippen LogP contribution in [0.4, 0.5) is 8.78 Å². The summed E-state index contributed by atoms with van der Waals surface area (Å²) in [7, 11) is 1.62. The van der Waals surface area contributed by atoms with Gasteiger partial charge in [-0.1, -0.05) is 23.2 Å². The minimum Gasteiger partial charge on any atom is -0.433 e. The minimum atomic E-state index is -2.97. The van der Waals surface area contributed by atoms with E-state index in [4.69, 9.17) is 23.2 Å². The van der Waals surface area contributed by atoms with Gasteiger partial charge in [-0.2, -0.15) is 8.78 Å². The first-order valence-electron chi connectivity index (χ1n) is 7.74. The highest BCUT2D eigenvalue weighted by Gasteiger charge is 2.15. The SMILES string of the molecule is CN=C(NCCNC(C)(C)C)NCc1cc(Cl)cc(Cl)c1OC(F)F.I. The molecule has 0 aliphatic carbocycles. The highest BCUT2D eigenvalue weighted by Crippen LogP contribution is 2.33. The van der Waals surface area contributed by atoms with E-state index in [1.807, 2.05) is 0 Å². The number of halogens is 5. The van der Waals surface area contributed by atoms with E-state index in [1.165, 1.54) is 12.1 Å². The van der Waals surface area contributed by atoms with Gasteiger partial charge in [0, 0.05) is 42.8 Å². The van der Waals surface area contributed by atoms with Crippen LogP contribution in [-0.4, -0.2) is 38.2 Å². The van der Waals surface area contributed by atoms with Crippen molar-refractivity contribution in [2.45, 2.75) is 39.5 Å². The standard InChI is InChI=1S/C16H24Cl2F2N4O.HI/c1-16(2,3)24-6-5-22-15(21-4)23-9-10-7-11(17)8-12(18)13(10)25-14(19)20;/h7-8,14,24H,5-6,9H2,1-4H3,(H2,21,22,23);1H. The van der Waals surface area contributed by atoms with Gasteiger partial charge in [-0.3, -0.25) is 4.99 Å². The van der Waals surface area contributed by atoms with Gasteiger partial charge in [0.1, 0.15) is 5.75 Å². The highest BCUT2D eigenvalue weighted by molar-refractivity contribution is 14.0. The molecule has 0 aliphatic rings. The lowest BCUT2D eigenvalue weighted by molar-refractivity contribution is -0.0504. The molecular formula is C16H25Cl2F2IN4O. The molecule has 1 rings (SSSR count). The number of ether oxygens (including phenoxy) is 1. The number of hydrogen-bond donors (Lipinski definition) is 3. The molecule has 0 aromatic heterocycles. The average Bonchev–Trinajstić information content (AvgIpc) is 2.48. The van der Waals surface area contributed by atoms with Crippen LogP contribution in [0.15, 0.2) is 17.1 Å². The van der Waals surface area contributed by atoms with E-state index < -0.39 is 6.61 Å². The maximum absolute atomic E-state index is 12.6. The van der Waals surface area contributed by atoms with Gasteiger partial charge in [0.25, 0.3) is 0 Å². The number of nitrogens with zero attached hydrogens (tertiary/aromatic N) is 1. The quantitative estimate of drug-likeness (QED) is 0.216. The van der Waals surface area contributed by atoms with Crippen LogP contribution in [0.1, 0.15) is 26.3 Å². The van der Waals surface area contributed by atoms with E-state index in [-0.39, 0.29) is 46.8 Å². The number of guanidine groups is 1. The van der Waals surface area contributed by atoms with Crippen LogP contribution in [0, 0.1) is 0 Å². The maximum Gasteiger partial charge on any atom is 0.387 e. The van der Waals surface area contributed by atoms with Crippen molar-refractivity contribution in [1.82, 2.24) is 16.0 Å². The predicted molar refractivity (Wildman–Crippen MR) is 114 cm³/mol. The minimum absolute atomic E-state index is 0. The molecule has 0 atom stereocenters. The monoisotopic (exact) mass is 524 g/mol. The Balaban J connectivity index is 0.00000625. The molecule has 26 heavy (non-hydrogen) atoms. The molecule has 1 aromatic rings. The molecule has 1 aromatic carbocycles. The van der Waals surface area contributed by atoms with Crippen molar-refractivity contribution in [3.8, 4) is 5.75 Å². The normalized spacial score (nSPS) is 12.0. The molecule has 0 aliphatic heterocycles. The first-order valence-corrected chi connectivity index (χ1v) is 8.50. The Kier molecular flexibility index (Phi) is 11.7. The Morgan fingerprint density at radius 1 is 1.19 bits per heavy atom. The van der Waals surface area contributed by atoms with Crippen molar-refractivity contribution in [2.75, 3.05) is 20.1 Å². The smallest absolute Gasteiger partial charge is 0.387 e. The summed E-state index contributed by atoms with van der Waals surface area (Å²) in [6.07, 6.45) is 0. The van der Waals surface area contributed by atoms with Crippen molar-refractivity contribution in [2.24, 2.45) is 4.99 Å². The zero-order chi connectivity index (χ0) is 19.0. The van der Waals surface area contributed by atoms with Crippen molar-refractivity contribution in [1.29, 1.82) is 0 Å². The Labute approximate surface area is 180 Å². The Bertz CT molecular complexity index is 598. The number of nitrogens with one attached hydrogen (secondary N) is 3. The summed E-state index contributed by atoms with van der Waals surface area (Å²) in [6.45, 7) is 4.82. The third-order valence-electron chi connectivity index (χ3n) is 3.03. The van der Waals surface area contributed by atoms with Gasteiger partial charge in [-0.15, -0.1) is 24.0 Å². The summed E-state index contributed by atoms with van der Waals surface area (Å²) in [6, 6.07) is 2.88. The summed E-state index contributed by atoms with van der Waals surface area (Å²) in [5.74, 6) is 0.424. The Morgan fingerprint density at radius 3 is 2.38 bits per heavy atom. The molecule has 0 bridgehead atoms. The second-order valence-electron chi connectivity index (χ2n) is 6.28. The van der Waals surface area contributed by atoms with Gasteiger partial charge in [-0.25, -0.2) is 0 Å². The average molecular weight is 525 g/mol. The number of rotatable bonds is 7. The Morgan fingerprint density at radius 2 is 1.85 bits per heavy atom. The van der Waals surface area contributed by atoms with E-state index in [0.29, 0.717) is 23.1 Å². The van der Waals surface area contributed by atoms with Crippen molar-refractivity contribution >= 4 is 53.1 Å². The molecule has 0 heterocycles. The number of benzene rings is 1. The summed E-state index contributed by atoms with van der Waals surface area (Å²) < 4.78 is 29.6. The molecule has 150 valence electrons. The second-order valence-corrected chi connectivity index (χ2v) is 7.13. The first-order chi connectivity index (χ1) is 11.6. The van der Waals surface area contributed by atoms with Crippen LogP contribution in [0.2, 0.25) is 10.0 Å². The van der Waals surface area contributed by atoms with Gasteiger partial charge in [0.15, 0.2) is 5.96 Å². The molecule has 0 amide bonds. The van der Waals surface area contributed by atoms with Gasteiger partial charge < -0.3 is 20.7 Å². The first kappa shape index (κ1) is 25.4.